The molecule has 2 amide bonds. The topological polar surface area (TPSA) is 63.6 Å². The first kappa shape index (κ1) is 20.0. The number of nitrogens with one attached hydrogen (secondary N) is 1. The molecule has 0 aliphatic carbocycles. The molecule has 1 aliphatic heterocycles. The highest BCUT2D eigenvalue weighted by Crippen LogP contribution is 2.29. The summed E-state index contributed by atoms with van der Waals surface area (Å²) in [5, 5.41) is 4.31. The van der Waals surface area contributed by atoms with Crippen molar-refractivity contribution in [2.45, 2.75) is 32.4 Å². The highest BCUT2D eigenvalue weighted by atomic mass is 16.5. The molecule has 3 aromatic rings. The second-order valence-electron chi connectivity index (χ2n) is 7.67. The number of amides is 2. The van der Waals surface area contributed by atoms with Gasteiger partial charge in [-0.25, -0.2) is 4.79 Å². The van der Waals surface area contributed by atoms with Crippen molar-refractivity contribution in [2.24, 2.45) is 7.05 Å². The standard InChI is InChI=1S/C24H27N3O3/c1-3-30-22(28)14-20(17-8-5-4-6-9-17)25-24(29)27-13-12-19-15-26(2)21-11-7-10-18(16-27)23(19)21/h4-11,15,20H,3,12-14,16H2,1-2H3,(H,25,29)/t20-/m1/s1. The molecule has 156 valence electrons. The summed E-state index contributed by atoms with van der Waals surface area (Å²) in [5.41, 5.74) is 4.50. The summed E-state index contributed by atoms with van der Waals surface area (Å²) in [6.45, 7) is 3.27. The smallest absolute Gasteiger partial charge is 0.318 e. The Morgan fingerprint density at radius 3 is 2.67 bits per heavy atom. The Balaban J connectivity index is 1.54. The molecule has 0 saturated heterocycles. The van der Waals surface area contributed by atoms with Crippen LogP contribution in [-0.4, -0.2) is 34.6 Å². The molecule has 1 aliphatic rings. The minimum Gasteiger partial charge on any atom is -0.466 e. The van der Waals surface area contributed by atoms with Crippen molar-refractivity contribution in [3.63, 3.8) is 0 Å². The Kier molecular flexibility index (Phi) is 5.74. The molecule has 1 aromatic heterocycles. The van der Waals surface area contributed by atoms with Crippen molar-refractivity contribution < 1.29 is 14.3 Å². The van der Waals surface area contributed by atoms with Crippen LogP contribution in [0.15, 0.2) is 54.7 Å². The summed E-state index contributed by atoms with van der Waals surface area (Å²) in [7, 11) is 2.06. The molecule has 0 radical (unpaired) electrons. The lowest BCUT2D eigenvalue weighted by Gasteiger charge is -2.26. The van der Waals surface area contributed by atoms with Gasteiger partial charge in [0.1, 0.15) is 0 Å². The zero-order valence-electron chi connectivity index (χ0n) is 17.4. The van der Waals surface area contributed by atoms with E-state index < -0.39 is 6.04 Å². The van der Waals surface area contributed by atoms with Crippen molar-refractivity contribution in [1.82, 2.24) is 14.8 Å². The number of aromatic nitrogens is 1. The van der Waals surface area contributed by atoms with Gasteiger partial charge >= 0.3 is 12.0 Å². The number of hydrogen-bond acceptors (Lipinski definition) is 3. The summed E-state index contributed by atoms with van der Waals surface area (Å²) in [4.78, 5) is 27.1. The van der Waals surface area contributed by atoms with Gasteiger partial charge in [0.25, 0.3) is 0 Å². The first-order valence-electron chi connectivity index (χ1n) is 10.4. The van der Waals surface area contributed by atoms with Crippen molar-refractivity contribution >= 4 is 22.9 Å². The molecule has 1 atom stereocenters. The highest BCUT2D eigenvalue weighted by Gasteiger charge is 2.25. The molecule has 2 heterocycles. The van der Waals surface area contributed by atoms with Gasteiger partial charge in [-0.2, -0.15) is 0 Å². The van der Waals surface area contributed by atoms with Crippen LogP contribution in [0.3, 0.4) is 0 Å². The lowest BCUT2D eigenvalue weighted by molar-refractivity contribution is -0.143. The van der Waals surface area contributed by atoms with Crippen LogP contribution >= 0.6 is 0 Å². The van der Waals surface area contributed by atoms with Crippen LogP contribution in [0, 0.1) is 0 Å². The number of carbonyl (C=O) groups excluding carboxylic acids is 2. The van der Waals surface area contributed by atoms with E-state index in [0.29, 0.717) is 19.7 Å². The van der Waals surface area contributed by atoms with Crippen LogP contribution in [0.1, 0.15) is 36.1 Å². The van der Waals surface area contributed by atoms with E-state index >= 15 is 0 Å². The molecule has 0 fully saturated rings. The average Bonchev–Trinajstić information content (AvgIpc) is 2.95. The predicted molar refractivity (Wildman–Crippen MR) is 116 cm³/mol. The van der Waals surface area contributed by atoms with Crippen molar-refractivity contribution in [2.75, 3.05) is 13.2 Å². The number of ether oxygens (including phenoxy) is 1. The van der Waals surface area contributed by atoms with E-state index in [1.807, 2.05) is 41.3 Å². The molecule has 4 rings (SSSR count). The fourth-order valence-corrected chi connectivity index (χ4v) is 4.22. The number of urea groups is 1. The monoisotopic (exact) mass is 405 g/mol. The van der Waals surface area contributed by atoms with E-state index in [1.54, 1.807) is 6.92 Å². The Labute approximate surface area is 176 Å². The van der Waals surface area contributed by atoms with E-state index in [9.17, 15) is 9.59 Å². The van der Waals surface area contributed by atoms with Crippen molar-refractivity contribution in [3.05, 3.63) is 71.4 Å². The summed E-state index contributed by atoms with van der Waals surface area (Å²) < 4.78 is 7.26. The number of nitrogens with zero attached hydrogens (tertiary/aromatic N) is 2. The Bertz CT molecular complexity index is 1060. The molecule has 0 saturated carbocycles. The van der Waals surface area contributed by atoms with Gasteiger partial charge in [0.05, 0.1) is 19.1 Å². The third-order valence-corrected chi connectivity index (χ3v) is 5.65. The minimum atomic E-state index is -0.430. The molecular weight excluding hydrogens is 378 g/mol. The zero-order valence-corrected chi connectivity index (χ0v) is 17.4. The fraction of sp³-hybridized carbons (Fsp3) is 0.333. The third-order valence-electron chi connectivity index (χ3n) is 5.65. The van der Waals surface area contributed by atoms with E-state index in [0.717, 1.165) is 17.5 Å². The van der Waals surface area contributed by atoms with Gasteiger partial charge < -0.3 is 19.5 Å². The van der Waals surface area contributed by atoms with Crippen LogP contribution in [0.4, 0.5) is 4.79 Å². The highest BCUT2D eigenvalue weighted by molar-refractivity contribution is 5.88. The van der Waals surface area contributed by atoms with E-state index in [4.69, 9.17) is 4.74 Å². The molecular formula is C24H27N3O3. The SMILES string of the molecule is CCOC(=O)C[C@@H](NC(=O)N1CCc2cn(C)c3cccc(c23)C1)c1ccccc1. The normalized spacial score (nSPS) is 14.3. The van der Waals surface area contributed by atoms with Gasteiger partial charge in [0, 0.05) is 37.2 Å². The molecule has 6 heteroatoms. The first-order chi connectivity index (χ1) is 14.6. The number of esters is 1. The number of hydrogen-bond donors (Lipinski definition) is 1. The lowest BCUT2D eigenvalue weighted by atomic mass is 10.0. The van der Waals surface area contributed by atoms with Crippen molar-refractivity contribution in [3.8, 4) is 0 Å². The zero-order chi connectivity index (χ0) is 21.1. The van der Waals surface area contributed by atoms with Crippen LogP contribution in [0.25, 0.3) is 10.9 Å². The molecule has 2 aromatic carbocycles. The summed E-state index contributed by atoms with van der Waals surface area (Å²) in [5.74, 6) is -0.319. The Morgan fingerprint density at radius 2 is 1.90 bits per heavy atom. The number of benzene rings is 2. The molecule has 30 heavy (non-hydrogen) atoms. The fourth-order valence-electron chi connectivity index (χ4n) is 4.22. The summed E-state index contributed by atoms with van der Waals surface area (Å²) >= 11 is 0. The van der Waals surface area contributed by atoms with E-state index in [-0.39, 0.29) is 18.4 Å². The molecule has 1 N–H and O–H groups in total. The van der Waals surface area contributed by atoms with Gasteiger partial charge in [-0.3, -0.25) is 4.79 Å². The maximum Gasteiger partial charge on any atom is 0.318 e. The summed E-state index contributed by atoms with van der Waals surface area (Å²) in [6, 6.07) is 15.2. The average molecular weight is 405 g/mol. The number of carbonyl (C=O) groups is 2. The van der Waals surface area contributed by atoms with Gasteiger partial charge in [-0.1, -0.05) is 42.5 Å². The molecule has 6 nitrogen and oxygen atoms in total. The predicted octanol–water partition coefficient (Wildman–Crippen LogP) is 3.94. The van der Waals surface area contributed by atoms with Crippen LogP contribution < -0.4 is 5.32 Å². The number of aryl methyl sites for hydroxylation is 1. The quantitative estimate of drug-likeness (QED) is 0.654. The van der Waals surface area contributed by atoms with Crippen LogP contribution in [-0.2, 0) is 29.5 Å². The maximum absolute atomic E-state index is 13.2. The molecule has 0 spiro atoms. The third kappa shape index (κ3) is 4.03. The Hall–Kier alpha value is -3.28. The van der Waals surface area contributed by atoms with Gasteiger partial charge in [0.15, 0.2) is 0 Å². The first-order valence-corrected chi connectivity index (χ1v) is 10.4. The molecule has 0 unspecified atom stereocenters. The van der Waals surface area contributed by atoms with Gasteiger partial charge in [-0.05, 0) is 36.1 Å². The van der Waals surface area contributed by atoms with Crippen molar-refractivity contribution in [1.29, 1.82) is 0 Å². The second kappa shape index (κ2) is 8.61. The number of rotatable bonds is 5. The minimum absolute atomic E-state index is 0.105. The molecule has 0 bridgehead atoms. The van der Waals surface area contributed by atoms with E-state index in [1.165, 1.54) is 16.5 Å². The summed E-state index contributed by atoms with van der Waals surface area (Å²) in [6.07, 6.45) is 3.06. The second-order valence-corrected chi connectivity index (χ2v) is 7.67. The maximum atomic E-state index is 13.2. The van der Waals surface area contributed by atoms with E-state index in [2.05, 4.69) is 35.3 Å². The largest absolute Gasteiger partial charge is 0.466 e. The van der Waals surface area contributed by atoms with Crippen LogP contribution in [0.5, 0.6) is 0 Å². The lowest BCUT2D eigenvalue weighted by Crippen LogP contribution is -2.42. The Morgan fingerprint density at radius 1 is 1.10 bits per heavy atom. The van der Waals surface area contributed by atoms with Gasteiger partial charge in [-0.15, -0.1) is 0 Å². The van der Waals surface area contributed by atoms with Crippen LogP contribution in [0.2, 0.25) is 0 Å². The van der Waals surface area contributed by atoms with Gasteiger partial charge in [0.2, 0.25) is 0 Å².